The van der Waals surface area contributed by atoms with Crippen LogP contribution < -0.4 is 5.32 Å². The first-order valence-corrected chi connectivity index (χ1v) is 7.16. The van der Waals surface area contributed by atoms with Crippen LogP contribution in [0.4, 0.5) is 11.4 Å². The van der Waals surface area contributed by atoms with Gasteiger partial charge in [0.2, 0.25) is 0 Å². The molecule has 0 heterocycles. The number of aryl methyl sites for hydroxylation is 2. The molecule has 0 fully saturated rings. The first-order valence-electron chi connectivity index (χ1n) is 7.16. The number of carbonyl (C=O) groups excluding carboxylic acids is 2. The van der Waals surface area contributed by atoms with Crippen LogP contribution in [0.25, 0.3) is 0 Å². The summed E-state index contributed by atoms with van der Waals surface area (Å²) >= 11 is 0. The number of nitrogens with zero attached hydrogens (tertiary/aromatic N) is 1. The van der Waals surface area contributed by atoms with Crippen molar-refractivity contribution in [1.29, 1.82) is 0 Å². The number of rotatable bonds is 5. The van der Waals surface area contributed by atoms with Crippen molar-refractivity contribution in [1.82, 2.24) is 0 Å². The maximum atomic E-state index is 11.9. The number of nitro groups is 1. The van der Waals surface area contributed by atoms with Crippen LogP contribution in [0.1, 0.15) is 21.5 Å². The molecule has 0 radical (unpaired) electrons. The standard InChI is InChI=1S/C17H16N2O5/c1-11-5-3-4-6-14(11)18-16(20)10-24-17(21)13-8-7-12(2)15(9-13)19(22)23/h3-9H,10H2,1-2H3,(H,18,20). The zero-order valence-electron chi connectivity index (χ0n) is 13.2. The Hall–Kier alpha value is -3.22. The van der Waals surface area contributed by atoms with Gasteiger partial charge in [-0.05, 0) is 31.5 Å². The molecule has 0 atom stereocenters. The van der Waals surface area contributed by atoms with E-state index >= 15 is 0 Å². The van der Waals surface area contributed by atoms with Gasteiger partial charge in [0.05, 0.1) is 10.5 Å². The molecule has 0 aliphatic heterocycles. The number of benzene rings is 2. The summed E-state index contributed by atoms with van der Waals surface area (Å²) in [5, 5.41) is 13.5. The number of esters is 1. The zero-order valence-corrected chi connectivity index (χ0v) is 13.2. The number of hydrogen-bond acceptors (Lipinski definition) is 5. The first-order chi connectivity index (χ1) is 11.4. The van der Waals surface area contributed by atoms with Crippen molar-refractivity contribution >= 4 is 23.3 Å². The van der Waals surface area contributed by atoms with Crippen molar-refractivity contribution in [3.05, 3.63) is 69.3 Å². The molecule has 0 unspecified atom stereocenters. The van der Waals surface area contributed by atoms with E-state index < -0.39 is 23.4 Å². The largest absolute Gasteiger partial charge is 0.452 e. The minimum Gasteiger partial charge on any atom is -0.452 e. The highest BCUT2D eigenvalue weighted by atomic mass is 16.6. The molecule has 0 aliphatic carbocycles. The Balaban J connectivity index is 1.98. The van der Waals surface area contributed by atoms with E-state index in [9.17, 15) is 19.7 Å². The zero-order chi connectivity index (χ0) is 17.7. The lowest BCUT2D eigenvalue weighted by molar-refractivity contribution is -0.385. The first kappa shape index (κ1) is 17.1. The highest BCUT2D eigenvalue weighted by molar-refractivity contribution is 5.96. The smallest absolute Gasteiger partial charge is 0.338 e. The summed E-state index contributed by atoms with van der Waals surface area (Å²) in [5.41, 5.74) is 1.80. The van der Waals surface area contributed by atoms with Crippen LogP contribution in [0.5, 0.6) is 0 Å². The number of ether oxygens (including phenoxy) is 1. The molecule has 7 nitrogen and oxygen atoms in total. The van der Waals surface area contributed by atoms with Gasteiger partial charge in [-0.15, -0.1) is 0 Å². The second kappa shape index (κ2) is 7.36. The molecule has 2 aromatic carbocycles. The molecule has 0 saturated carbocycles. The summed E-state index contributed by atoms with van der Waals surface area (Å²) in [6.45, 7) is 2.94. The molecule has 124 valence electrons. The maximum absolute atomic E-state index is 11.9. The fraction of sp³-hybridized carbons (Fsp3) is 0.176. The van der Waals surface area contributed by atoms with Crippen molar-refractivity contribution in [3.63, 3.8) is 0 Å². The summed E-state index contributed by atoms with van der Waals surface area (Å²) < 4.78 is 4.90. The summed E-state index contributed by atoms with van der Waals surface area (Å²) in [7, 11) is 0. The highest BCUT2D eigenvalue weighted by Gasteiger charge is 2.17. The van der Waals surface area contributed by atoms with Crippen molar-refractivity contribution in [2.75, 3.05) is 11.9 Å². The lowest BCUT2D eigenvalue weighted by Gasteiger charge is -2.09. The number of hydrogen-bond donors (Lipinski definition) is 1. The fourth-order valence-electron chi connectivity index (χ4n) is 2.05. The molecule has 2 rings (SSSR count). The normalized spacial score (nSPS) is 10.1. The lowest BCUT2D eigenvalue weighted by atomic mass is 10.1. The van der Waals surface area contributed by atoms with E-state index in [-0.39, 0.29) is 11.3 Å². The van der Waals surface area contributed by atoms with Crippen molar-refractivity contribution < 1.29 is 19.2 Å². The summed E-state index contributed by atoms with van der Waals surface area (Å²) in [5.74, 6) is -1.28. The molecule has 1 N–H and O–H groups in total. The van der Waals surface area contributed by atoms with Crippen molar-refractivity contribution in [2.45, 2.75) is 13.8 Å². The molecule has 7 heteroatoms. The number of para-hydroxylation sites is 1. The number of nitro benzene ring substituents is 1. The van der Waals surface area contributed by atoms with Gasteiger partial charge in [-0.25, -0.2) is 4.79 Å². The number of anilines is 1. The Morgan fingerprint density at radius 2 is 1.83 bits per heavy atom. The minimum atomic E-state index is -0.793. The Kier molecular flexibility index (Phi) is 5.26. The molecule has 0 bridgehead atoms. The molecule has 24 heavy (non-hydrogen) atoms. The Morgan fingerprint density at radius 3 is 2.50 bits per heavy atom. The predicted molar refractivity (Wildman–Crippen MR) is 87.9 cm³/mol. The van der Waals surface area contributed by atoms with Gasteiger partial charge in [-0.3, -0.25) is 14.9 Å². The number of nitrogens with one attached hydrogen (secondary N) is 1. The van der Waals surface area contributed by atoms with Gasteiger partial charge in [0.1, 0.15) is 0 Å². The van der Waals surface area contributed by atoms with Crippen LogP contribution in [-0.2, 0) is 9.53 Å². The van der Waals surface area contributed by atoms with E-state index in [0.717, 1.165) is 11.6 Å². The van der Waals surface area contributed by atoms with Gasteiger partial charge >= 0.3 is 5.97 Å². The van der Waals surface area contributed by atoms with E-state index in [4.69, 9.17) is 4.74 Å². The van der Waals surface area contributed by atoms with Crippen LogP contribution in [0.3, 0.4) is 0 Å². The van der Waals surface area contributed by atoms with E-state index in [0.29, 0.717) is 11.3 Å². The molecule has 0 spiro atoms. The van der Waals surface area contributed by atoms with Crippen LogP contribution >= 0.6 is 0 Å². The molecule has 1 amide bonds. The Morgan fingerprint density at radius 1 is 1.12 bits per heavy atom. The second-order valence-corrected chi connectivity index (χ2v) is 5.20. The van der Waals surface area contributed by atoms with Crippen LogP contribution in [0.15, 0.2) is 42.5 Å². The van der Waals surface area contributed by atoms with Gasteiger partial charge in [0.25, 0.3) is 11.6 Å². The van der Waals surface area contributed by atoms with E-state index in [2.05, 4.69) is 5.32 Å². The van der Waals surface area contributed by atoms with Gasteiger partial charge in [-0.1, -0.05) is 24.3 Å². The van der Waals surface area contributed by atoms with Gasteiger partial charge in [0.15, 0.2) is 6.61 Å². The fourth-order valence-corrected chi connectivity index (χ4v) is 2.05. The summed E-state index contributed by atoms with van der Waals surface area (Å²) in [6.07, 6.45) is 0. The molecular weight excluding hydrogens is 312 g/mol. The van der Waals surface area contributed by atoms with Gasteiger partial charge < -0.3 is 10.1 Å². The molecular formula is C17H16N2O5. The van der Waals surface area contributed by atoms with E-state index in [1.807, 2.05) is 19.1 Å². The van der Waals surface area contributed by atoms with Crippen LogP contribution in [-0.4, -0.2) is 23.4 Å². The quantitative estimate of drug-likeness (QED) is 0.517. The van der Waals surface area contributed by atoms with Crippen molar-refractivity contribution in [2.24, 2.45) is 0 Å². The SMILES string of the molecule is Cc1ccccc1NC(=O)COC(=O)c1ccc(C)c([N+](=O)[O-])c1. The maximum Gasteiger partial charge on any atom is 0.338 e. The molecule has 0 aliphatic rings. The third kappa shape index (κ3) is 4.16. The topological polar surface area (TPSA) is 98.5 Å². The number of amides is 1. The molecule has 0 aromatic heterocycles. The average molecular weight is 328 g/mol. The molecule has 2 aromatic rings. The van der Waals surface area contributed by atoms with Crippen LogP contribution in [0.2, 0.25) is 0 Å². The van der Waals surface area contributed by atoms with Gasteiger partial charge in [0, 0.05) is 17.3 Å². The second-order valence-electron chi connectivity index (χ2n) is 5.20. The average Bonchev–Trinajstić information content (AvgIpc) is 2.55. The Bertz CT molecular complexity index is 801. The Labute approximate surface area is 138 Å². The predicted octanol–water partition coefficient (Wildman–Crippen LogP) is 3.01. The van der Waals surface area contributed by atoms with Gasteiger partial charge in [-0.2, -0.15) is 0 Å². The highest BCUT2D eigenvalue weighted by Crippen LogP contribution is 2.19. The van der Waals surface area contributed by atoms with Crippen LogP contribution in [0, 0.1) is 24.0 Å². The number of carbonyl (C=O) groups is 2. The van der Waals surface area contributed by atoms with E-state index in [1.54, 1.807) is 19.1 Å². The lowest BCUT2D eigenvalue weighted by Crippen LogP contribution is -2.21. The summed E-state index contributed by atoms with van der Waals surface area (Å²) in [6, 6.07) is 11.2. The van der Waals surface area contributed by atoms with E-state index in [1.165, 1.54) is 12.1 Å². The monoisotopic (exact) mass is 328 g/mol. The third-order valence-corrected chi connectivity index (χ3v) is 3.40. The third-order valence-electron chi connectivity index (χ3n) is 3.40. The van der Waals surface area contributed by atoms with Crippen molar-refractivity contribution in [3.8, 4) is 0 Å². The molecule has 0 saturated heterocycles. The minimum absolute atomic E-state index is 0.0241. The summed E-state index contributed by atoms with van der Waals surface area (Å²) in [4.78, 5) is 34.1.